The van der Waals surface area contributed by atoms with Crippen molar-refractivity contribution in [3.63, 3.8) is 0 Å². The van der Waals surface area contributed by atoms with E-state index in [2.05, 4.69) is 15.6 Å². The quantitative estimate of drug-likeness (QED) is 0.679. The number of nitrogens with one attached hydrogen (secondary N) is 1. The molecule has 3 rings (SSSR count). The van der Waals surface area contributed by atoms with Crippen molar-refractivity contribution >= 4 is 5.91 Å². The Bertz CT molecular complexity index is 1000. The van der Waals surface area contributed by atoms with Crippen molar-refractivity contribution in [2.24, 2.45) is 12.5 Å². The normalized spacial score (nSPS) is 11.5. The number of nitrogens with zero attached hydrogens (tertiary/aromatic N) is 3. The van der Waals surface area contributed by atoms with Crippen LogP contribution in [0, 0.1) is 18.2 Å². The molecule has 1 N–H and O–H groups in total. The average molecular weight is 400 g/mol. The van der Waals surface area contributed by atoms with E-state index >= 15 is 0 Å². The van der Waals surface area contributed by atoms with Gasteiger partial charge in [-0.05, 0) is 36.6 Å². The number of halogens is 1. The van der Waals surface area contributed by atoms with Crippen LogP contribution in [0.1, 0.15) is 42.6 Å². The zero-order valence-electron chi connectivity index (χ0n) is 17.2. The van der Waals surface area contributed by atoms with E-state index < -0.39 is 0 Å². The van der Waals surface area contributed by atoms with Gasteiger partial charge in [0.1, 0.15) is 29.6 Å². The molecule has 0 fully saturated rings. The van der Waals surface area contributed by atoms with E-state index in [4.69, 9.17) is 9.26 Å². The molecule has 0 aliphatic carbocycles. The van der Waals surface area contributed by atoms with Crippen LogP contribution in [-0.2, 0) is 13.7 Å². The fourth-order valence-electron chi connectivity index (χ4n) is 2.70. The Labute approximate surface area is 168 Å². The molecule has 29 heavy (non-hydrogen) atoms. The van der Waals surface area contributed by atoms with E-state index in [0.29, 0.717) is 29.6 Å². The lowest BCUT2D eigenvalue weighted by Gasteiger charge is -2.18. The number of hydrogen-bond acceptors (Lipinski definition) is 5. The summed E-state index contributed by atoms with van der Waals surface area (Å²) in [5.41, 5.74) is 2.44. The van der Waals surface area contributed by atoms with Crippen LogP contribution < -0.4 is 10.1 Å². The summed E-state index contributed by atoms with van der Waals surface area (Å²) in [6.07, 6.45) is 0. The summed E-state index contributed by atoms with van der Waals surface area (Å²) in [5, 5.41) is 11.2. The molecule has 0 bridgehead atoms. The number of aryl methyl sites for hydroxylation is 2. The van der Waals surface area contributed by atoms with Crippen molar-refractivity contribution in [2.45, 2.75) is 34.3 Å². The largest absolute Gasteiger partial charge is 0.471 e. The van der Waals surface area contributed by atoms with Gasteiger partial charge < -0.3 is 14.6 Å². The Morgan fingerprint density at radius 3 is 2.62 bits per heavy atom. The third-order valence-corrected chi connectivity index (χ3v) is 4.34. The fourth-order valence-corrected chi connectivity index (χ4v) is 2.70. The highest BCUT2D eigenvalue weighted by molar-refractivity contribution is 5.92. The summed E-state index contributed by atoms with van der Waals surface area (Å²) >= 11 is 0. The fraction of sp³-hybridized carbons (Fsp3) is 0.381. The number of benzene rings is 1. The lowest BCUT2D eigenvalue weighted by atomic mass is 9.97. The van der Waals surface area contributed by atoms with Crippen molar-refractivity contribution in [3.05, 3.63) is 53.2 Å². The monoisotopic (exact) mass is 400 g/mol. The molecule has 0 unspecified atom stereocenters. The smallest absolute Gasteiger partial charge is 0.269 e. The van der Waals surface area contributed by atoms with Gasteiger partial charge in [-0.1, -0.05) is 25.9 Å². The van der Waals surface area contributed by atoms with E-state index in [9.17, 15) is 9.18 Å². The van der Waals surface area contributed by atoms with E-state index in [1.807, 2.05) is 20.8 Å². The molecule has 0 saturated heterocycles. The van der Waals surface area contributed by atoms with Crippen molar-refractivity contribution in [3.8, 4) is 17.1 Å². The number of carbonyl (C=O) groups is 1. The number of hydrogen-bond donors (Lipinski definition) is 1. The molecule has 1 amide bonds. The SMILES string of the molecule is Cc1onc(-c2ccc(F)cc2)c1COc1cc(C(=O)NCC(C)(C)C)n(C)n1. The van der Waals surface area contributed by atoms with Crippen LogP contribution >= 0.6 is 0 Å². The van der Waals surface area contributed by atoms with E-state index in [-0.39, 0.29) is 23.7 Å². The molecule has 7 nitrogen and oxygen atoms in total. The van der Waals surface area contributed by atoms with Gasteiger partial charge in [-0.3, -0.25) is 9.48 Å². The minimum absolute atomic E-state index is 0.0177. The van der Waals surface area contributed by atoms with E-state index in [0.717, 1.165) is 11.1 Å². The first kappa shape index (κ1) is 20.6. The molecular weight excluding hydrogens is 375 g/mol. The lowest BCUT2D eigenvalue weighted by molar-refractivity contribution is 0.0930. The summed E-state index contributed by atoms with van der Waals surface area (Å²) in [7, 11) is 1.69. The van der Waals surface area contributed by atoms with Crippen LogP contribution in [-0.4, -0.2) is 27.4 Å². The Kier molecular flexibility index (Phi) is 5.72. The maximum absolute atomic E-state index is 13.2. The van der Waals surface area contributed by atoms with Crippen LogP contribution in [0.15, 0.2) is 34.9 Å². The third kappa shape index (κ3) is 5.01. The lowest BCUT2D eigenvalue weighted by Crippen LogP contribution is -2.33. The minimum Gasteiger partial charge on any atom is -0.471 e. The van der Waals surface area contributed by atoms with Gasteiger partial charge in [0.25, 0.3) is 5.91 Å². The standard InChI is InChI=1S/C21H25FN4O3/c1-13-16(19(25-29-13)14-6-8-15(22)9-7-14)11-28-18-10-17(26(5)24-18)20(27)23-12-21(2,3)4/h6-10H,11-12H2,1-5H3,(H,23,27). The molecule has 0 saturated carbocycles. The second kappa shape index (κ2) is 8.06. The van der Waals surface area contributed by atoms with E-state index in [1.165, 1.54) is 16.8 Å². The predicted molar refractivity (Wildman–Crippen MR) is 106 cm³/mol. The van der Waals surface area contributed by atoms with Gasteiger partial charge >= 0.3 is 0 Å². The van der Waals surface area contributed by atoms with Crippen LogP contribution in [0.2, 0.25) is 0 Å². The van der Waals surface area contributed by atoms with Gasteiger partial charge in [-0.2, -0.15) is 0 Å². The Morgan fingerprint density at radius 2 is 1.97 bits per heavy atom. The molecule has 3 aromatic rings. The predicted octanol–water partition coefficient (Wildman–Crippen LogP) is 3.88. The first-order valence-corrected chi connectivity index (χ1v) is 9.30. The van der Waals surface area contributed by atoms with Gasteiger partial charge in [0, 0.05) is 25.2 Å². The molecule has 0 radical (unpaired) electrons. The zero-order valence-corrected chi connectivity index (χ0v) is 17.2. The highest BCUT2D eigenvalue weighted by Crippen LogP contribution is 2.26. The highest BCUT2D eigenvalue weighted by Gasteiger charge is 2.19. The van der Waals surface area contributed by atoms with E-state index in [1.54, 1.807) is 32.2 Å². The second-order valence-electron chi connectivity index (χ2n) is 8.10. The summed E-state index contributed by atoms with van der Waals surface area (Å²) in [5.74, 6) is 0.387. The second-order valence-corrected chi connectivity index (χ2v) is 8.10. The van der Waals surface area contributed by atoms with Crippen molar-refractivity contribution in [1.29, 1.82) is 0 Å². The Morgan fingerprint density at radius 1 is 1.28 bits per heavy atom. The third-order valence-electron chi connectivity index (χ3n) is 4.34. The zero-order chi connectivity index (χ0) is 21.2. The maximum Gasteiger partial charge on any atom is 0.269 e. The van der Waals surface area contributed by atoms with Crippen LogP contribution in [0.3, 0.4) is 0 Å². The Balaban J connectivity index is 1.72. The van der Waals surface area contributed by atoms with Gasteiger partial charge in [-0.15, -0.1) is 5.10 Å². The number of amides is 1. The van der Waals surface area contributed by atoms with Gasteiger partial charge in [0.15, 0.2) is 0 Å². The van der Waals surface area contributed by atoms with Crippen LogP contribution in [0.4, 0.5) is 4.39 Å². The first-order valence-electron chi connectivity index (χ1n) is 9.30. The molecule has 0 spiro atoms. The summed E-state index contributed by atoms with van der Waals surface area (Å²) in [6.45, 7) is 8.62. The molecular formula is C21H25FN4O3. The van der Waals surface area contributed by atoms with Gasteiger partial charge in [-0.25, -0.2) is 4.39 Å². The number of rotatable bonds is 6. The number of aromatic nitrogens is 3. The van der Waals surface area contributed by atoms with Crippen LogP contribution in [0.5, 0.6) is 5.88 Å². The van der Waals surface area contributed by atoms with Crippen molar-refractivity contribution < 1.29 is 18.4 Å². The average Bonchev–Trinajstić information content (AvgIpc) is 3.20. The molecule has 8 heteroatoms. The highest BCUT2D eigenvalue weighted by atomic mass is 19.1. The molecule has 0 atom stereocenters. The molecule has 154 valence electrons. The summed E-state index contributed by atoms with van der Waals surface area (Å²) in [6, 6.07) is 7.60. The molecule has 0 aliphatic heterocycles. The number of carbonyl (C=O) groups excluding carboxylic acids is 1. The van der Waals surface area contributed by atoms with Crippen molar-refractivity contribution in [2.75, 3.05) is 6.54 Å². The molecule has 1 aromatic carbocycles. The Hall–Kier alpha value is -3.16. The minimum atomic E-state index is -0.322. The van der Waals surface area contributed by atoms with Crippen molar-refractivity contribution in [1.82, 2.24) is 20.3 Å². The molecule has 0 aliphatic rings. The van der Waals surface area contributed by atoms with Gasteiger partial charge in [0.05, 0.1) is 5.56 Å². The maximum atomic E-state index is 13.2. The summed E-state index contributed by atoms with van der Waals surface area (Å²) in [4.78, 5) is 12.4. The molecule has 2 heterocycles. The first-order chi connectivity index (χ1) is 13.6. The topological polar surface area (TPSA) is 82.2 Å². The number of ether oxygens (including phenoxy) is 1. The van der Waals surface area contributed by atoms with Gasteiger partial charge in [0.2, 0.25) is 5.88 Å². The summed E-state index contributed by atoms with van der Waals surface area (Å²) < 4.78 is 25.7. The van der Waals surface area contributed by atoms with Crippen LogP contribution in [0.25, 0.3) is 11.3 Å². The molecule has 2 aromatic heterocycles.